The summed E-state index contributed by atoms with van der Waals surface area (Å²) in [6.07, 6.45) is 2.31. The molecule has 1 N–H and O–H groups in total. The van der Waals surface area contributed by atoms with E-state index in [1.807, 2.05) is 36.4 Å². The van der Waals surface area contributed by atoms with Crippen molar-refractivity contribution in [2.45, 2.75) is 70.8 Å². The number of hydrogen-bond acceptors (Lipinski definition) is 5. The highest BCUT2D eigenvalue weighted by atomic mass is 16.6. The minimum Gasteiger partial charge on any atom is -0.486 e. The molecule has 0 radical (unpaired) electrons. The van der Waals surface area contributed by atoms with Gasteiger partial charge in [0.2, 0.25) is 0 Å². The smallest absolute Gasteiger partial charge is 0.408 e. The highest BCUT2D eigenvalue weighted by molar-refractivity contribution is 5.81. The molecule has 4 atom stereocenters. The molecule has 1 aliphatic rings. The number of alkyl carbamates (subject to hydrolysis) is 1. The second-order valence-electron chi connectivity index (χ2n) is 8.07. The third-order valence-corrected chi connectivity index (χ3v) is 4.51. The van der Waals surface area contributed by atoms with E-state index in [9.17, 15) is 9.59 Å². The van der Waals surface area contributed by atoms with Gasteiger partial charge in [-0.1, -0.05) is 30.7 Å². The van der Waals surface area contributed by atoms with Gasteiger partial charge in [0.25, 0.3) is 0 Å². The van der Waals surface area contributed by atoms with E-state index in [0.29, 0.717) is 18.6 Å². The van der Waals surface area contributed by atoms with Crippen LogP contribution in [0.3, 0.4) is 0 Å². The highest BCUT2D eigenvalue weighted by Crippen LogP contribution is 2.27. The molecule has 0 aliphatic carbocycles. The van der Waals surface area contributed by atoms with E-state index in [1.165, 1.54) is 0 Å². The fourth-order valence-electron chi connectivity index (χ4n) is 3.19. The molecule has 28 heavy (non-hydrogen) atoms. The molecule has 2 rings (SSSR count). The molecule has 0 spiro atoms. The molecule has 1 heterocycles. The Morgan fingerprint density at radius 2 is 1.93 bits per heavy atom. The van der Waals surface area contributed by atoms with E-state index in [2.05, 4.69) is 11.9 Å². The molecule has 4 unspecified atom stereocenters. The Bertz CT molecular complexity index is 667. The number of esters is 1. The number of nitrogens with one attached hydrogen (secondary N) is 1. The minimum absolute atomic E-state index is 0.0169. The van der Waals surface area contributed by atoms with Crippen LogP contribution in [-0.2, 0) is 14.3 Å². The summed E-state index contributed by atoms with van der Waals surface area (Å²) in [7, 11) is 0. The normalized spacial score (nSPS) is 26.1. The van der Waals surface area contributed by atoms with E-state index < -0.39 is 29.8 Å². The molecule has 1 saturated heterocycles. The zero-order valence-corrected chi connectivity index (χ0v) is 17.1. The standard InChI is InChI=1S/C22H31NO5/c1-6-16-11-10-14-18(23-21(25)28-22(3,4)5)20(24)26-15(2)19(16)27-17-12-8-7-9-13-17/h6-9,12-13,15-16,18-19H,1,10-11,14H2,2-5H3,(H,23,25). The summed E-state index contributed by atoms with van der Waals surface area (Å²) in [5.74, 6) is 0.248. The number of carbonyl (C=O) groups is 2. The van der Waals surface area contributed by atoms with Crippen molar-refractivity contribution in [1.82, 2.24) is 5.32 Å². The molecule has 1 fully saturated rings. The summed E-state index contributed by atoms with van der Waals surface area (Å²) in [5.41, 5.74) is -0.637. The largest absolute Gasteiger partial charge is 0.486 e. The number of hydrogen-bond donors (Lipinski definition) is 1. The Hall–Kier alpha value is -2.50. The Morgan fingerprint density at radius 1 is 1.25 bits per heavy atom. The van der Waals surface area contributed by atoms with Gasteiger partial charge in [0.05, 0.1) is 0 Å². The lowest BCUT2D eigenvalue weighted by Crippen LogP contribution is -2.46. The van der Waals surface area contributed by atoms with Crippen LogP contribution in [0.15, 0.2) is 43.0 Å². The maximum atomic E-state index is 12.7. The van der Waals surface area contributed by atoms with Gasteiger partial charge >= 0.3 is 12.1 Å². The molecule has 6 nitrogen and oxygen atoms in total. The first-order chi connectivity index (χ1) is 13.2. The summed E-state index contributed by atoms with van der Waals surface area (Å²) < 4.78 is 17.0. The topological polar surface area (TPSA) is 73.9 Å². The van der Waals surface area contributed by atoms with Crippen molar-refractivity contribution < 1.29 is 23.8 Å². The van der Waals surface area contributed by atoms with E-state index in [4.69, 9.17) is 14.2 Å². The second kappa shape index (κ2) is 9.62. The first-order valence-corrected chi connectivity index (χ1v) is 9.74. The van der Waals surface area contributed by atoms with Crippen molar-refractivity contribution in [2.75, 3.05) is 0 Å². The lowest BCUT2D eigenvalue weighted by Gasteiger charge is -2.30. The van der Waals surface area contributed by atoms with Crippen molar-refractivity contribution in [2.24, 2.45) is 5.92 Å². The number of carbonyl (C=O) groups excluding carboxylic acids is 2. The third-order valence-electron chi connectivity index (χ3n) is 4.51. The highest BCUT2D eigenvalue weighted by Gasteiger charge is 2.35. The average Bonchev–Trinajstić information content (AvgIpc) is 2.66. The Morgan fingerprint density at radius 3 is 2.54 bits per heavy atom. The van der Waals surface area contributed by atoms with E-state index in [-0.39, 0.29) is 12.0 Å². The lowest BCUT2D eigenvalue weighted by atomic mass is 9.92. The van der Waals surface area contributed by atoms with Gasteiger partial charge in [-0.2, -0.15) is 0 Å². The first kappa shape index (κ1) is 21.8. The zero-order valence-electron chi connectivity index (χ0n) is 17.1. The van der Waals surface area contributed by atoms with Gasteiger partial charge in [-0.15, -0.1) is 6.58 Å². The van der Waals surface area contributed by atoms with Crippen LogP contribution in [0.2, 0.25) is 0 Å². The number of amides is 1. The molecule has 0 saturated carbocycles. The molecule has 6 heteroatoms. The maximum Gasteiger partial charge on any atom is 0.408 e. The zero-order chi connectivity index (χ0) is 20.7. The number of rotatable bonds is 4. The molecular weight excluding hydrogens is 358 g/mol. The van der Waals surface area contributed by atoms with Gasteiger partial charge in [-0.3, -0.25) is 0 Å². The van der Waals surface area contributed by atoms with Crippen LogP contribution in [0.1, 0.15) is 47.0 Å². The third kappa shape index (κ3) is 6.59. The number of para-hydroxylation sites is 1. The summed E-state index contributed by atoms with van der Waals surface area (Å²) in [6, 6.07) is 8.69. The van der Waals surface area contributed by atoms with Crippen LogP contribution in [-0.4, -0.2) is 35.9 Å². The summed E-state index contributed by atoms with van der Waals surface area (Å²) in [6.45, 7) is 11.1. The predicted octanol–water partition coefficient (Wildman–Crippen LogP) is 4.25. The Balaban J connectivity index is 2.11. The fraction of sp³-hybridized carbons (Fsp3) is 0.545. The van der Waals surface area contributed by atoms with Gasteiger partial charge < -0.3 is 19.5 Å². The van der Waals surface area contributed by atoms with Crippen molar-refractivity contribution in [3.8, 4) is 5.75 Å². The van der Waals surface area contributed by atoms with Crippen LogP contribution in [0.5, 0.6) is 5.75 Å². The molecule has 1 aromatic carbocycles. The molecular formula is C22H31NO5. The van der Waals surface area contributed by atoms with Crippen LogP contribution in [0.25, 0.3) is 0 Å². The minimum atomic E-state index is -0.752. The lowest BCUT2D eigenvalue weighted by molar-refractivity contribution is -0.155. The molecule has 0 aromatic heterocycles. The summed E-state index contributed by atoms with van der Waals surface area (Å²) in [5, 5.41) is 2.64. The SMILES string of the molecule is C=CC1CCCC(NC(=O)OC(C)(C)C)C(=O)OC(C)C1Oc1ccccc1. The number of benzene rings is 1. The van der Waals surface area contributed by atoms with Gasteiger partial charge in [0, 0.05) is 5.92 Å². The number of ether oxygens (including phenoxy) is 3. The summed E-state index contributed by atoms with van der Waals surface area (Å²) in [4.78, 5) is 24.7. The molecule has 154 valence electrons. The van der Waals surface area contributed by atoms with Gasteiger partial charge in [0.1, 0.15) is 29.6 Å². The van der Waals surface area contributed by atoms with E-state index in [0.717, 1.165) is 6.42 Å². The van der Waals surface area contributed by atoms with Crippen molar-refractivity contribution in [3.05, 3.63) is 43.0 Å². The fourth-order valence-corrected chi connectivity index (χ4v) is 3.19. The van der Waals surface area contributed by atoms with E-state index in [1.54, 1.807) is 27.7 Å². The van der Waals surface area contributed by atoms with Gasteiger partial charge in [0.15, 0.2) is 0 Å². The van der Waals surface area contributed by atoms with Crippen LogP contribution < -0.4 is 10.1 Å². The molecule has 1 aliphatic heterocycles. The molecule has 0 bridgehead atoms. The van der Waals surface area contributed by atoms with Crippen LogP contribution in [0.4, 0.5) is 4.79 Å². The van der Waals surface area contributed by atoms with Crippen molar-refractivity contribution >= 4 is 12.1 Å². The average molecular weight is 389 g/mol. The molecule has 1 aromatic rings. The monoisotopic (exact) mass is 389 g/mol. The van der Waals surface area contributed by atoms with Crippen molar-refractivity contribution in [3.63, 3.8) is 0 Å². The van der Waals surface area contributed by atoms with Gasteiger partial charge in [-0.05, 0) is 52.7 Å². The Kier molecular flexibility index (Phi) is 7.49. The quantitative estimate of drug-likeness (QED) is 0.616. The predicted molar refractivity (Wildman–Crippen MR) is 107 cm³/mol. The molecule has 1 amide bonds. The van der Waals surface area contributed by atoms with Gasteiger partial charge in [-0.25, -0.2) is 9.59 Å². The first-order valence-electron chi connectivity index (χ1n) is 9.74. The van der Waals surface area contributed by atoms with Crippen LogP contribution >= 0.6 is 0 Å². The maximum absolute atomic E-state index is 12.7. The van der Waals surface area contributed by atoms with Crippen molar-refractivity contribution in [1.29, 1.82) is 0 Å². The van der Waals surface area contributed by atoms with E-state index >= 15 is 0 Å². The van der Waals surface area contributed by atoms with Crippen LogP contribution in [0, 0.1) is 5.92 Å². The summed E-state index contributed by atoms with van der Waals surface area (Å²) >= 11 is 0. The Labute approximate surface area is 167 Å². The second-order valence-corrected chi connectivity index (χ2v) is 8.07. The number of cyclic esters (lactones) is 1.